The van der Waals surface area contributed by atoms with E-state index >= 15 is 0 Å². The van der Waals surface area contributed by atoms with E-state index in [0.29, 0.717) is 25.9 Å². The second-order valence-corrected chi connectivity index (χ2v) is 5.56. The summed E-state index contributed by atoms with van der Waals surface area (Å²) in [6.07, 6.45) is -0.0553. The number of nitrogens with zero attached hydrogens (tertiary/aromatic N) is 1. The lowest BCUT2D eigenvalue weighted by atomic mass is 9.91. The second kappa shape index (κ2) is 7.79. The van der Waals surface area contributed by atoms with Crippen molar-refractivity contribution in [1.82, 2.24) is 4.90 Å². The largest absolute Gasteiger partial charge is 0.479 e. The summed E-state index contributed by atoms with van der Waals surface area (Å²) < 4.78 is 5.27. The number of hydrogen-bond acceptors (Lipinski definition) is 4. The van der Waals surface area contributed by atoms with E-state index in [1.54, 1.807) is 4.90 Å². The molecule has 1 unspecified atom stereocenters. The number of hydrogen-bond donors (Lipinski definition) is 2. The SMILES string of the molecule is O=C(O)C(O)CC1CCN(C(=O)OCc2ccccc2)CC1. The van der Waals surface area contributed by atoms with Crippen LogP contribution in [0.3, 0.4) is 0 Å². The van der Waals surface area contributed by atoms with Crippen LogP contribution in [0.5, 0.6) is 0 Å². The fourth-order valence-corrected chi connectivity index (χ4v) is 2.58. The highest BCUT2D eigenvalue weighted by molar-refractivity contribution is 5.71. The van der Waals surface area contributed by atoms with Gasteiger partial charge in [-0.2, -0.15) is 0 Å². The highest BCUT2D eigenvalue weighted by Crippen LogP contribution is 2.22. The van der Waals surface area contributed by atoms with Gasteiger partial charge in [0.15, 0.2) is 6.10 Å². The molecule has 1 aromatic carbocycles. The van der Waals surface area contributed by atoms with Crippen molar-refractivity contribution in [2.24, 2.45) is 5.92 Å². The van der Waals surface area contributed by atoms with Crippen LogP contribution in [0, 0.1) is 5.92 Å². The molecule has 1 aliphatic rings. The Bertz CT molecular complexity index is 497. The van der Waals surface area contributed by atoms with E-state index in [9.17, 15) is 14.7 Å². The van der Waals surface area contributed by atoms with Crippen LogP contribution >= 0.6 is 0 Å². The van der Waals surface area contributed by atoms with Crippen molar-refractivity contribution >= 4 is 12.1 Å². The van der Waals surface area contributed by atoms with Gasteiger partial charge in [0.05, 0.1) is 0 Å². The molecule has 0 bridgehead atoms. The lowest BCUT2D eigenvalue weighted by molar-refractivity contribution is -0.147. The zero-order chi connectivity index (χ0) is 15.9. The van der Waals surface area contributed by atoms with Crippen LogP contribution in [0.15, 0.2) is 30.3 Å². The molecule has 0 spiro atoms. The molecule has 0 saturated carbocycles. The molecular formula is C16H21NO5. The first-order valence-electron chi connectivity index (χ1n) is 7.42. The second-order valence-electron chi connectivity index (χ2n) is 5.56. The highest BCUT2D eigenvalue weighted by atomic mass is 16.6. The summed E-state index contributed by atoms with van der Waals surface area (Å²) in [5, 5.41) is 18.1. The van der Waals surface area contributed by atoms with Crippen LogP contribution < -0.4 is 0 Å². The van der Waals surface area contributed by atoms with Crippen molar-refractivity contribution in [3.63, 3.8) is 0 Å². The maximum absolute atomic E-state index is 12.0. The van der Waals surface area contributed by atoms with Crippen molar-refractivity contribution in [2.45, 2.75) is 32.0 Å². The van der Waals surface area contributed by atoms with E-state index in [1.165, 1.54) is 0 Å². The lowest BCUT2D eigenvalue weighted by Crippen LogP contribution is -2.39. The maximum atomic E-state index is 12.0. The Labute approximate surface area is 129 Å². The standard InChI is InChI=1S/C16H21NO5/c18-14(15(19)20)10-12-6-8-17(9-7-12)16(21)22-11-13-4-2-1-3-5-13/h1-5,12,14,18H,6-11H2,(H,19,20). The minimum Gasteiger partial charge on any atom is -0.479 e. The lowest BCUT2D eigenvalue weighted by Gasteiger charge is -2.31. The first-order valence-corrected chi connectivity index (χ1v) is 7.42. The van der Waals surface area contributed by atoms with Crippen LogP contribution in [0.4, 0.5) is 4.79 Å². The third-order valence-electron chi connectivity index (χ3n) is 3.92. The Morgan fingerprint density at radius 2 is 1.86 bits per heavy atom. The van der Waals surface area contributed by atoms with Crippen LogP contribution in [0.25, 0.3) is 0 Å². The first kappa shape index (κ1) is 16.3. The molecular weight excluding hydrogens is 286 g/mol. The van der Waals surface area contributed by atoms with E-state index in [0.717, 1.165) is 5.56 Å². The number of benzene rings is 1. The molecule has 0 aromatic heterocycles. The summed E-state index contributed by atoms with van der Waals surface area (Å²) in [6.45, 7) is 1.31. The Morgan fingerprint density at radius 3 is 2.45 bits per heavy atom. The molecule has 22 heavy (non-hydrogen) atoms. The zero-order valence-electron chi connectivity index (χ0n) is 12.4. The summed E-state index contributed by atoms with van der Waals surface area (Å²) >= 11 is 0. The Balaban J connectivity index is 1.72. The van der Waals surface area contributed by atoms with E-state index in [1.807, 2.05) is 30.3 Å². The molecule has 1 atom stereocenters. The molecule has 1 fully saturated rings. The average Bonchev–Trinajstić information content (AvgIpc) is 2.54. The van der Waals surface area contributed by atoms with E-state index in [4.69, 9.17) is 9.84 Å². The van der Waals surface area contributed by atoms with Crippen LogP contribution in [0.2, 0.25) is 0 Å². The zero-order valence-corrected chi connectivity index (χ0v) is 12.4. The summed E-state index contributed by atoms with van der Waals surface area (Å²) in [5.74, 6) is -1.06. The van der Waals surface area contributed by atoms with Crippen LogP contribution in [0.1, 0.15) is 24.8 Å². The van der Waals surface area contributed by atoms with E-state index in [2.05, 4.69) is 0 Å². The van der Waals surface area contributed by atoms with Gasteiger partial charge >= 0.3 is 12.1 Å². The van der Waals surface area contributed by atoms with E-state index < -0.39 is 12.1 Å². The number of ether oxygens (including phenoxy) is 1. The predicted octanol–water partition coefficient (Wildman–Crippen LogP) is 1.87. The van der Waals surface area contributed by atoms with Gasteiger partial charge in [0.25, 0.3) is 0 Å². The summed E-state index contributed by atoms with van der Waals surface area (Å²) in [4.78, 5) is 24.2. The third kappa shape index (κ3) is 4.73. The minimum atomic E-state index is -1.32. The number of carboxylic acids is 1. The van der Waals surface area contributed by atoms with Gasteiger partial charge in [0.1, 0.15) is 6.61 Å². The maximum Gasteiger partial charge on any atom is 0.410 e. The number of carbonyl (C=O) groups is 2. The average molecular weight is 307 g/mol. The highest BCUT2D eigenvalue weighted by Gasteiger charge is 2.27. The number of aliphatic hydroxyl groups excluding tert-OH is 1. The van der Waals surface area contributed by atoms with Gasteiger partial charge in [-0.1, -0.05) is 30.3 Å². The molecule has 0 aliphatic carbocycles. The van der Waals surface area contributed by atoms with Gasteiger partial charge < -0.3 is 19.8 Å². The number of carboxylic acid groups (broad SMARTS) is 1. The summed E-state index contributed by atoms with van der Waals surface area (Å²) in [5.41, 5.74) is 0.940. The van der Waals surface area contributed by atoms with Gasteiger partial charge in [-0.05, 0) is 30.7 Å². The third-order valence-corrected chi connectivity index (χ3v) is 3.92. The van der Waals surface area contributed by atoms with Crippen LogP contribution in [-0.4, -0.2) is 46.4 Å². The molecule has 1 saturated heterocycles. The van der Waals surface area contributed by atoms with Gasteiger partial charge in [-0.15, -0.1) is 0 Å². The number of piperidine rings is 1. The molecule has 6 heteroatoms. The molecule has 0 radical (unpaired) electrons. The quantitative estimate of drug-likeness (QED) is 0.867. The van der Waals surface area contributed by atoms with Gasteiger partial charge in [0, 0.05) is 13.1 Å². The van der Waals surface area contributed by atoms with Crippen molar-refractivity contribution in [3.8, 4) is 0 Å². The molecule has 1 aliphatic heterocycles. The Hall–Kier alpha value is -2.08. The predicted molar refractivity (Wildman–Crippen MR) is 79.2 cm³/mol. The fraction of sp³-hybridized carbons (Fsp3) is 0.500. The molecule has 2 N–H and O–H groups in total. The molecule has 120 valence electrons. The Kier molecular flexibility index (Phi) is 5.77. The number of likely N-dealkylation sites (tertiary alicyclic amines) is 1. The molecule has 6 nitrogen and oxygen atoms in total. The summed E-state index contributed by atoms with van der Waals surface area (Å²) in [7, 11) is 0. The van der Waals surface area contributed by atoms with Crippen LogP contribution in [-0.2, 0) is 16.1 Å². The molecule has 2 rings (SSSR count). The number of amides is 1. The monoisotopic (exact) mass is 307 g/mol. The number of aliphatic hydroxyl groups is 1. The molecule has 1 aromatic rings. The van der Waals surface area contributed by atoms with E-state index in [-0.39, 0.29) is 25.0 Å². The fourth-order valence-electron chi connectivity index (χ4n) is 2.58. The van der Waals surface area contributed by atoms with Crippen molar-refractivity contribution in [3.05, 3.63) is 35.9 Å². The van der Waals surface area contributed by atoms with Crippen molar-refractivity contribution in [1.29, 1.82) is 0 Å². The normalized spacial score (nSPS) is 17.0. The topological polar surface area (TPSA) is 87.1 Å². The number of rotatable bonds is 5. The smallest absolute Gasteiger partial charge is 0.410 e. The molecule has 1 amide bonds. The summed E-state index contributed by atoms with van der Waals surface area (Å²) in [6, 6.07) is 9.48. The Morgan fingerprint density at radius 1 is 1.23 bits per heavy atom. The number of carbonyl (C=O) groups excluding carboxylic acids is 1. The minimum absolute atomic E-state index is 0.129. The molecule has 1 heterocycles. The van der Waals surface area contributed by atoms with Crippen molar-refractivity contribution in [2.75, 3.05) is 13.1 Å². The van der Waals surface area contributed by atoms with Gasteiger partial charge in [-0.25, -0.2) is 9.59 Å². The number of aliphatic carboxylic acids is 1. The van der Waals surface area contributed by atoms with Gasteiger partial charge in [0.2, 0.25) is 0 Å². The van der Waals surface area contributed by atoms with Gasteiger partial charge in [-0.3, -0.25) is 0 Å². The van der Waals surface area contributed by atoms with Crippen molar-refractivity contribution < 1.29 is 24.5 Å². The first-order chi connectivity index (χ1) is 10.6.